The van der Waals surface area contributed by atoms with E-state index in [9.17, 15) is 33.9 Å². The van der Waals surface area contributed by atoms with Gasteiger partial charge >= 0.3 is 0 Å². The lowest BCUT2D eigenvalue weighted by molar-refractivity contribution is -0.157. The third kappa shape index (κ3) is 22.9. The fourth-order valence-electron chi connectivity index (χ4n) is 11.3. The van der Waals surface area contributed by atoms with Gasteiger partial charge in [-0.05, 0) is 107 Å². The van der Waals surface area contributed by atoms with Gasteiger partial charge in [-0.15, -0.1) is 0 Å². The minimum Gasteiger partial charge on any atom is -0.390 e. The van der Waals surface area contributed by atoms with Crippen molar-refractivity contribution >= 4 is 65.0 Å². The van der Waals surface area contributed by atoms with Gasteiger partial charge in [-0.25, -0.2) is 0 Å². The number of hydrogen-bond donors (Lipinski definition) is 5. The Balaban J connectivity index is 4.50. The van der Waals surface area contributed by atoms with Gasteiger partial charge in [0, 0.05) is 55.9 Å². The molecule has 516 valence electrons. The van der Waals surface area contributed by atoms with Crippen LogP contribution in [0, 0.1) is 41.4 Å². The van der Waals surface area contributed by atoms with Crippen LogP contribution in [0.1, 0.15) is 170 Å². The van der Waals surface area contributed by atoms with Crippen molar-refractivity contribution in [2.24, 2.45) is 41.4 Å². The van der Waals surface area contributed by atoms with Crippen molar-refractivity contribution < 1.29 is 62.6 Å². The maximum absolute atomic E-state index is 15.3. The van der Waals surface area contributed by atoms with Crippen LogP contribution in [-0.2, 0) is 57.5 Å². The third-order valence-electron chi connectivity index (χ3n) is 17.0. The molecule has 1 aliphatic rings. The molecular formula is C66H119N11O13. The molecule has 0 radical (unpaired) electrons. The first-order chi connectivity index (χ1) is 41.7. The van der Waals surface area contributed by atoms with Gasteiger partial charge in [-0.1, -0.05) is 116 Å². The lowest BCUT2D eigenvalue weighted by Gasteiger charge is -2.41. The van der Waals surface area contributed by atoms with Crippen molar-refractivity contribution in [3.8, 4) is 0 Å². The lowest BCUT2D eigenvalue weighted by atomic mass is 9.91. The van der Waals surface area contributed by atoms with E-state index in [4.69, 9.17) is 4.74 Å². The highest BCUT2D eigenvalue weighted by atomic mass is 16.5. The molecule has 1 saturated heterocycles. The number of allylic oxidation sites excluding steroid dienone is 2. The summed E-state index contributed by atoms with van der Waals surface area (Å²) in [6, 6.07) is -14.0. The van der Waals surface area contributed by atoms with Crippen LogP contribution in [0.25, 0.3) is 0 Å². The van der Waals surface area contributed by atoms with Crippen molar-refractivity contribution in [1.82, 2.24) is 55.6 Å². The van der Waals surface area contributed by atoms with Crippen LogP contribution in [0.15, 0.2) is 12.2 Å². The standard InChI is InChI=1S/C66H119N11O13/c1-26-29-30-43(16)55(78)54-59(82)69-46(28-3)61(84)75(23)51(36-90-31-27-2)64(87)71(19)48(33-38(6)7)58(81)70-52(41(12)13)65(88)72(20)47(32-37(4)5)57(80)67-44(17)56(79)68-45(18)60(83)73(21)49(34-39(8)9)62(85)74(22)50(35-40(10)11)63(86)76(24)53(42(14)15)66(89)77(54)25/h26,29,37-55,78H,27-28,30-36H2,1-25H3,(H,67,80)(H,68,79)(H,69,82)(H,70,81)/b29-26+/t43-,44+,45-,46+,47+,48+,49+,50+,51-,52+,53+,54+,55-/m1/s1. The largest absolute Gasteiger partial charge is 0.390 e. The van der Waals surface area contributed by atoms with Crippen LogP contribution in [-0.4, -0.2) is 239 Å². The van der Waals surface area contributed by atoms with Crippen molar-refractivity contribution in [3.05, 3.63) is 12.2 Å². The molecule has 0 aromatic rings. The molecule has 0 aliphatic carbocycles. The Kier molecular flexibility index (Phi) is 34.5. The SMILES string of the molecule is C/C=C/C[C@@H](C)[C@@H](O)[C@H]1C(=O)N[C@@H](CC)C(=O)N(C)[C@H](COCCC)C(=O)N(C)[C@@H](CC(C)C)C(=O)N[C@@H](C(C)C)C(=O)N(C)[C@@H](CC(C)C)C(=O)N[C@@H](C)C(=O)N[C@H](C)C(=O)N(C)[C@@H](CC(C)C)C(=O)N(C)[C@@H](CC(C)C)C(=O)N(C)[C@@H](C(C)C)C(=O)N1C. The van der Waals surface area contributed by atoms with Crippen LogP contribution in [0.3, 0.4) is 0 Å². The summed E-state index contributed by atoms with van der Waals surface area (Å²) in [5, 5.41) is 23.3. The summed E-state index contributed by atoms with van der Waals surface area (Å²) in [5.74, 6) is -10.0. The molecule has 0 spiro atoms. The van der Waals surface area contributed by atoms with Crippen LogP contribution < -0.4 is 21.3 Å². The van der Waals surface area contributed by atoms with E-state index in [-0.39, 0.29) is 69.0 Å². The highest BCUT2D eigenvalue weighted by Gasteiger charge is 2.46. The Hall–Kier alpha value is -6.17. The van der Waals surface area contributed by atoms with Crippen molar-refractivity contribution in [2.45, 2.75) is 242 Å². The van der Waals surface area contributed by atoms with Gasteiger partial charge < -0.3 is 65.4 Å². The molecule has 0 aromatic heterocycles. The molecule has 11 amide bonds. The van der Waals surface area contributed by atoms with E-state index in [1.807, 2.05) is 68.4 Å². The fraction of sp³-hybridized carbons (Fsp3) is 0.803. The number of rotatable bonds is 19. The van der Waals surface area contributed by atoms with E-state index in [0.29, 0.717) is 12.8 Å². The average Bonchev–Trinajstić information content (AvgIpc) is 1.57. The molecule has 0 aromatic carbocycles. The van der Waals surface area contributed by atoms with E-state index >= 15 is 24.0 Å². The van der Waals surface area contributed by atoms with Crippen molar-refractivity contribution in [2.75, 3.05) is 62.5 Å². The topological polar surface area (TPSA) is 288 Å². The smallest absolute Gasteiger partial charge is 0.248 e. The summed E-state index contributed by atoms with van der Waals surface area (Å²) < 4.78 is 5.96. The second kappa shape index (κ2) is 38.0. The number of nitrogens with zero attached hydrogens (tertiary/aromatic N) is 7. The summed E-state index contributed by atoms with van der Waals surface area (Å²) in [4.78, 5) is 171. The van der Waals surface area contributed by atoms with Gasteiger partial charge in [0.2, 0.25) is 65.0 Å². The number of hydrogen-bond acceptors (Lipinski definition) is 13. The van der Waals surface area contributed by atoms with Gasteiger partial charge in [0.05, 0.1) is 12.7 Å². The summed E-state index contributed by atoms with van der Waals surface area (Å²) in [7, 11) is 9.94. The molecule has 90 heavy (non-hydrogen) atoms. The van der Waals surface area contributed by atoms with Crippen LogP contribution in [0.5, 0.6) is 0 Å². The van der Waals surface area contributed by atoms with Gasteiger partial charge in [-0.3, -0.25) is 52.7 Å². The lowest BCUT2D eigenvalue weighted by Crippen LogP contribution is -2.64. The summed E-state index contributed by atoms with van der Waals surface area (Å²) in [5.41, 5.74) is 0. The number of carbonyl (C=O) groups excluding carboxylic acids is 11. The quantitative estimate of drug-likeness (QED) is 0.0902. The molecule has 24 heteroatoms. The van der Waals surface area contributed by atoms with Gasteiger partial charge in [0.15, 0.2) is 0 Å². The molecule has 0 unspecified atom stereocenters. The summed E-state index contributed by atoms with van der Waals surface area (Å²) >= 11 is 0. The predicted octanol–water partition coefficient (Wildman–Crippen LogP) is 4.06. The summed E-state index contributed by atoms with van der Waals surface area (Å²) in [6.45, 7) is 31.6. The minimum absolute atomic E-state index is 0.0163. The third-order valence-corrected chi connectivity index (χ3v) is 17.0. The first-order valence-corrected chi connectivity index (χ1v) is 32.6. The Bertz CT molecular complexity index is 2430. The monoisotopic (exact) mass is 1270 g/mol. The zero-order valence-corrected chi connectivity index (χ0v) is 59.5. The average molecular weight is 1270 g/mol. The molecule has 1 heterocycles. The van der Waals surface area contributed by atoms with Crippen molar-refractivity contribution in [3.63, 3.8) is 0 Å². The second-order valence-corrected chi connectivity index (χ2v) is 27.4. The molecule has 1 rings (SSSR count). The molecule has 0 bridgehead atoms. The number of aliphatic hydroxyl groups is 1. The maximum atomic E-state index is 15.3. The van der Waals surface area contributed by atoms with E-state index in [2.05, 4.69) is 21.3 Å². The van der Waals surface area contributed by atoms with Gasteiger partial charge in [-0.2, -0.15) is 0 Å². The molecule has 0 saturated carbocycles. The van der Waals surface area contributed by atoms with E-state index in [0.717, 1.165) is 9.80 Å². The van der Waals surface area contributed by atoms with Crippen LogP contribution in [0.2, 0.25) is 0 Å². The zero-order valence-electron chi connectivity index (χ0n) is 59.5. The Labute approximate surface area is 539 Å². The first-order valence-electron chi connectivity index (χ1n) is 32.6. The van der Waals surface area contributed by atoms with E-state index in [1.54, 1.807) is 54.5 Å². The molecule has 5 N–H and O–H groups in total. The Morgan fingerprint density at radius 1 is 0.444 bits per heavy atom. The number of amides is 11. The molecular weight excluding hydrogens is 1150 g/mol. The molecule has 1 fully saturated rings. The zero-order chi connectivity index (χ0) is 69.7. The minimum atomic E-state index is -1.64. The van der Waals surface area contributed by atoms with Crippen LogP contribution in [0.4, 0.5) is 0 Å². The normalized spacial score (nSPS) is 26.9. The molecule has 1 aliphatic heterocycles. The van der Waals surface area contributed by atoms with Crippen molar-refractivity contribution in [1.29, 1.82) is 0 Å². The maximum Gasteiger partial charge on any atom is 0.248 e. The van der Waals surface area contributed by atoms with Gasteiger partial charge in [0.25, 0.3) is 0 Å². The second-order valence-electron chi connectivity index (χ2n) is 27.4. The van der Waals surface area contributed by atoms with Crippen LogP contribution >= 0.6 is 0 Å². The summed E-state index contributed by atoms with van der Waals surface area (Å²) in [6.07, 6.45) is 3.46. The number of nitrogens with one attached hydrogen (secondary N) is 4. The molecule has 13 atom stereocenters. The van der Waals surface area contributed by atoms with E-state index < -0.39 is 155 Å². The number of likely N-dealkylation sites (N-methyl/N-ethyl adjacent to an activating group) is 7. The predicted molar refractivity (Wildman–Crippen MR) is 348 cm³/mol. The highest BCUT2D eigenvalue weighted by molar-refractivity contribution is 6.00. The van der Waals surface area contributed by atoms with Gasteiger partial charge in [0.1, 0.15) is 66.5 Å². The number of ether oxygens (including phenoxy) is 1. The highest BCUT2D eigenvalue weighted by Crippen LogP contribution is 2.26. The Morgan fingerprint density at radius 2 is 0.844 bits per heavy atom. The number of carbonyl (C=O) groups is 11. The number of aliphatic hydroxyl groups excluding tert-OH is 1. The van der Waals surface area contributed by atoms with E-state index in [1.165, 1.54) is 87.7 Å². The Morgan fingerprint density at radius 3 is 1.29 bits per heavy atom. The fourth-order valence-corrected chi connectivity index (χ4v) is 11.3. The molecule has 24 nitrogen and oxygen atoms in total. The first kappa shape index (κ1) is 81.8.